The molecule has 0 spiro atoms. The van der Waals surface area contributed by atoms with Crippen molar-refractivity contribution < 1.29 is 18.4 Å². The number of imidazole rings is 1. The van der Waals surface area contributed by atoms with Gasteiger partial charge in [0, 0.05) is 12.3 Å². The summed E-state index contributed by atoms with van der Waals surface area (Å²) < 4.78 is 16.3. The highest BCUT2D eigenvalue weighted by atomic mass is 32.2. The zero-order valence-corrected chi connectivity index (χ0v) is 21.6. The molecule has 7 nitrogen and oxygen atoms in total. The van der Waals surface area contributed by atoms with E-state index >= 15 is 0 Å². The predicted octanol–water partition coefficient (Wildman–Crippen LogP) is 6.78. The summed E-state index contributed by atoms with van der Waals surface area (Å²) in [6, 6.07) is 20.8. The quantitative estimate of drug-likeness (QED) is 0.175. The Hall–Kier alpha value is -3.78. The van der Waals surface area contributed by atoms with Gasteiger partial charge in [0.15, 0.2) is 10.9 Å². The third kappa shape index (κ3) is 4.15. The molecule has 1 aliphatic rings. The second-order valence-electron chi connectivity index (χ2n) is 9.59. The third-order valence-corrected chi connectivity index (χ3v) is 8.39. The van der Waals surface area contributed by atoms with Crippen LogP contribution >= 0.6 is 11.8 Å². The highest BCUT2D eigenvalue weighted by Gasteiger charge is 2.38. The fourth-order valence-electron chi connectivity index (χ4n) is 4.64. The summed E-state index contributed by atoms with van der Waals surface area (Å²) in [4.78, 5) is 29.7. The normalized spacial score (nSPS) is 15.2. The molecule has 0 bridgehead atoms. The number of hydrogen-bond acceptors (Lipinski definition) is 7. The van der Waals surface area contributed by atoms with Gasteiger partial charge in [0.25, 0.3) is 0 Å². The Labute approximate surface area is 217 Å². The van der Waals surface area contributed by atoms with Gasteiger partial charge in [0.2, 0.25) is 0 Å². The van der Waals surface area contributed by atoms with Crippen LogP contribution in [-0.4, -0.2) is 20.3 Å². The Kier molecular flexibility index (Phi) is 5.71. The molecule has 0 aliphatic heterocycles. The van der Waals surface area contributed by atoms with Gasteiger partial charge in [-0.15, -0.1) is 0 Å². The molecule has 5 aromatic rings. The summed E-state index contributed by atoms with van der Waals surface area (Å²) in [6.45, 7) is 5.24. The molecule has 0 radical (unpaired) electrons. The van der Waals surface area contributed by atoms with Gasteiger partial charge >= 0.3 is 17.7 Å². The van der Waals surface area contributed by atoms with Crippen LogP contribution in [0.15, 0.2) is 79.4 Å². The van der Waals surface area contributed by atoms with Gasteiger partial charge < -0.3 is 13.6 Å². The number of thioether (sulfide) groups is 1. The molecule has 2 aromatic heterocycles. The maximum atomic E-state index is 13.3. The third-order valence-electron chi connectivity index (χ3n) is 7.03. The molecule has 0 amide bonds. The van der Waals surface area contributed by atoms with Gasteiger partial charge in [-0.25, -0.2) is 9.78 Å². The summed E-state index contributed by atoms with van der Waals surface area (Å²) in [7, 11) is 0. The van der Waals surface area contributed by atoms with Crippen molar-refractivity contribution in [2.75, 3.05) is 0 Å². The minimum atomic E-state index is -1.01. The number of nitrogens with zero attached hydrogens (tertiary/aromatic N) is 2. The Morgan fingerprint density at radius 2 is 1.81 bits per heavy atom. The average Bonchev–Trinajstić information content (AvgIpc) is 3.61. The van der Waals surface area contributed by atoms with Crippen LogP contribution in [0.25, 0.3) is 27.5 Å². The number of para-hydroxylation sites is 2. The number of carbonyl (C=O) groups is 1. The number of esters is 1. The number of aromatic nitrogens is 2. The van der Waals surface area contributed by atoms with Crippen LogP contribution in [0.4, 0.5) is 0 Å². The highest BCUT2D eigenvalue weighted by molar-refractivity contribution is 8.01. The largest absolute Gasteiger partial charge is 0.521 e. The highest BCUT2D eigenvalue weighted by Crippen LogP contribution is 2.45. The number of aryl methyl sites for hydroxylation is 1. The predicted molar refractivity (Wildman–Crippen MR) is 143 cm³/mol. The smallest absolute Gasteiger partial charge is 0.392 e. The van der Waals surface area contributed by atoms with Gasteiger partial charge in [0.1, 0.15) is 4.75 Å². The van der Waals surface area contributed by atoms with E-state index in [-0.39, 0.29) is 11.7 Å². The van der Waals surface area contributed by atoms with Crippen LogP contribution < -0.4 is 10.6 Å². The van der Waals surface area contributed by atoms with Crippen molar-refractivity contribution >= 4 is 39.5 Å². The fourth-order valence-corrected chi connectivity index (χ4v) is 5.74. The van der Waals surface area contributed by atoms with E-state index in [9.17, 15) is 9.59 Å². The van der Waals surface area contributed by atoms with Crippen LogP contribution in [0.2, 0.25) is 0 Å². The lowest BCUT2D eigenvalue weighted by Gasteiger charge is -2.24. The number of hydrogen-bond donors (Lipinski definition) is 0. The van der Waals surface area contributed by atoms with Crippen LogP contribution in [-0.2, 0) is 4.79 Å². The minimum absolute atomic E-state index is 0.122. The summed E-state index contributed by atoms with van der Waals surface area (Å²) in [5.41, 5.74) is 4.19. The summed E-state index contributed by atoms with van der Waals surface area (Å²) in [5, 5.41) is 3.07. The maximum Gasteiger partial charge on any atom is 0.521 e. The molecule has 0 saturated heterocycles. The molecular weight excluding hydrogens is 488 g/mol. The standard InChI is InChI=1S/C29H26N2O5S/c1-4-29(3,26(32)35-25-17(2)34-28(33)36-25)37-27-30-22-11-7-8-12-24(22)31(27)23-16-15-19(18-13-14-18)20-9-5-6-10-21(20)23/h5-12,15-16,18H,4,13-14H2,1-3H3. The number of fused-ring (bicyclic) bond motifs is 2. The van der Waals surface area contributed by atoms with Gasteiger partial charge in [-0.1, -0.05) is 61.2 Å². The van der Waals surface area contributed by atoms with Crippen molar-refractivity contribution in [3.63, 3.8) is 0 Å². The number of benzene rings is 3. The fraction of sp³-hybridized carbons (Fsp3) is 0.276. The molecule has 6 rings (SSSR count). The molecule has 1 saturated carbocycles. The van der Waals surface area contributed by atoms with E-state index in [0.29, 0.717) is 17.5 Å². The van der Waals surface area contributed by atoms with Crippen molar-refractivity contribution in [2.45, 2.75) is 55.9 Å². The monoisotopic (exact) mass is 514 g/mol. The first-order valence-electron chi connectivity index (χ1n) is 12.4. The topological polar surface area (TPSA) is 87.5 Å². The molecular formula is C29H26N2O5S. The second-order valence-corrected chi connectivity index (χ2v) is 11.1. The number of carbonyl (C=O) groups excluding carboxylic acids is 1. The van der Waals surface area contributed by atoms with E-state index in [2.05, 4.69) is 41.0 Å². The van der Waals surface area contributed by atoms with E-state index in [1.165, 1.54) is 42.5 Å². The summed E-state index contributed by atoms with van der Waals surface area (Å²) in [6.07, 6.45) is 2.92. The first-order chi connectivity index (χ1) is 17.9. The molecule has 1 fully saturated rings. The molecule has 0 N–H and O–H groups in total. The molecule has 1 aliphatic carbocycles. The van der Waals surface area contributed by atoms with E-state index in [1.54, 1.807) is 0 Å². The molecule has 1 unspecified atom stereocenters. The van der Waals surface area contributed by atoms with Crippen molar-refractivity contribution in [2.24, 2.45) is 0 Å². The van der Waals surface area contributed by atoms with E-state index in [0.717, 1.165) is 22.1 Å². The lowest BCUT2D eigenvalue weighted by atomic mass is 9.99. The molecule has 37 heavy (non-hydrogen) atoms. The van der Waals surface area contributed by atoms with Gasteiger partial charge in [-0.2, -0.15) is 0 Å². The SMILES string of the molecule is CCC(C)(Sc1nc2ccccc2n1-c1ccc(C2CC2)c2ccccc12)C(=O)Oc1oc(=O)oc1C. The van der Waals surface area contributed by atoms with E-state index < -0.39 is 16.5 Å². The number of ether oxygens (including phenoxy) is 1. The van der Waals surface area contributed by atoms with Crippen molar-refractivity contribution in [1.82, 2.24) is 9.55 Å². The molecule has 1 atom stereocenters. The van der Waals surface area contributed by atoms with Crippen LogP contribution in [0.1, 0.15) is 50.4 Å². The summed E-state index contributed by atoms with van der Waals surface area (Å²) in [5.74, 6) is -0.923. The van der Waals surface area contributed by atoms with Crippen molar-refractivity contribution in [1.29, 1.82) is 0 Å². The Balaban J connectivity index is 1.47. The number of rotatable bonds is 7. The van der Waals surface area contributed by atoms with E-state index in [1.807, 2.05) is 38.1 Å². The minimum Gasteiger partial charge on any atom is -0.392 e. The van der Waals surface area contributed by atoms with Crippen LogP contribution in [0.5, 0.6) is 5.95 Å². The lowest BCUT2D eigenvalue weighted by Crippen LogP contribution is -2.35. The van der Waals surface area contributed by atoms with Crippen molar-refractivity contribution in [3.05, 3.63) is 82.6 Å². The molecule has 8 heteroatoms. The van der Waals surface area contributed by atoms with Gasteiger partial charge in [-0.05, 0) is 61.3 Å². The zero-order chi connectivity index (χ0) is 25.7. The lowest BCUT2D eigenvalue weighted by molar-refractivity contribution is -0.138. The summed E-state index contributed by atoms with van der Waals surface area (Å²) >= 11 is 1.34. The molecule has 188 valence electrons. The maximum absolute atomic E-state index is 13.3. The average molecular weight is 515 g/mol. The molecule has 2 heterocycles. The first kappa shape index (κ1) is 23.6. The van der Waals surface area contributed by atoms with E-state index in [4.69, 9.17) is 18.6 Å². The Morgan fingerprint density at radius 3 is 2.51 bits per heavy atom. The zero-order valence-electron chi connectivity index (χ0n) is 20.8. The second kappa shape index (κ2) is 8.95. The molecule has 3 aromatic carbocycles. The van der Waals surface area contributed by atoms with Crippen molar-refractivity contribution in [3.8, 4) is 11.6 Å². The Bertz CT molecular complexity index is 1710. The van der Waals surface area contributed by atoms with Crippen LogP contribution in [0, 0.1) is 6.92 Å². The van der Waals surface area contributed by atoms with Gasteiger partial charge in [0.05, 0.1) is 16.7 Å². The van der Waals surface area contributed by atoms with Gasteiger partial charge in [-0.3, -0.25) is 9.36 Å². The first-order valence-corrected chi connectivity index (χ1v) is 13.2. The van der Waals surface area contributed by atoms with Crippen LogP contribution in [0.3, 0.4) is 0 Å². The Morgan fingerprint density at radius 1 is 1.08 bits per heavy atom.